The SMILES string of the molecule is CCNC1(CC(=O)O)CCCN(C(C)C)CC1. The van der Waals surface area contributed by atoms with Gasteiger partial charge in [-0.3, -0.25) is 4.79 Å². The van der Waals surface area contributed by atoms with Gasteiger partial charge >= 0.3 is 5.97 Å². The second-order valence-corrected chi connectivity index (χ2v) is 5.36. The van der Waals surface area contributed by atoms with Crippen molar-refractivity contribution in [3.05, 3.63) is 0 Å². The molecule has 0 radical (unpaired) electrons. The molecule has 1 fully saturated rings. The molecule has 2 N–H and O–H groups in total. The molecule has 1 atom stereocenters. The van der Waals surface area contributed by atoms with Crippen LogP contribution in [0.2, 0.25) is 0 Å². The summed E-state index contributed by atoms with van der Waals surface area (Å²) >= 11 is 0. The molecule has 0 bridgehead atoms. The van der Waals surface area contributed by atoms with Crippen LogP contribution in [-0.4, -0.2) is 47.2 Å². The normalized spacial score (nSPS) is 27.1. The van der Waals surface area contributed by atoms with Crippen LogP contribution >= 0.6 is 0 Å². The lowest BCUT2D eigenvalue weighted by molar-refractivity contribution is -0.138. The van der Waals surface area contributed by atoms with Gasteiger partial charge < -0.3 is 15.3 Å². The molecule has 100 valence electrons. The third kappa shape index (κ3) is 4.28. The van der Waals surface area contributed by atoms with Gasteiger partial charge in [0.1, 0.15) is 0 Å². The van der Waals surface area contributed by atoms with Crippen molar-refractivity contribution in [1.82, 2.24) is 10.2 Å². The van der Waals surface area contributed by atoms with Crippen molar-refractivity contribution in [3.8, 4) is 0 Å². The molecule has 1 rings (SSSR count). The van der Waals surface area contributed by atoms with E-state index < -0.39 is 5.97 Å². The van der Waals surface area contributed by atoms with E-state index in [-0.39, 0.29) is 12.0 Å². The number of likely N-dealkylation sites (tertiary alicyclic amines) is 1. The van der Waals surface area contributed by atoms with Crippen LogP contribution in [0.1, 0.15) is 46.5 Å². The second-order valence-electron chi connectivity index (χ2n) is 5.36. The summed E-state index contributed by atoms with van der Waals surface area (Å²) in [5.41, 5.74) is -0.190. The minimum Gasteiger partial charge on any atom is -0.481 e. The van der Waals surface area contributed by atoms with Gasteiger partial charge in [-0.1, -0.05) is 6.92 Å². The maximum absolute atomic E-state index is 11.0. The maximum atomic E-state index is 11.0. The van der Waals surface area contributed by atoms with Crippen LogP contribution in [0, 0.1) is 0 Å². The van der Waals surface area contributed by atoms with Gasteiger partial charge in [-0.05, 0) is 46.2 Å². The number of hydrogen-bond acceptors (Lipinski definition) is 3. The molecular weight excluding hydrogens is 216 g/mol. The lowest BCUT2D eigenvalue weighted by Crippen LogP contribution is -2.47. The predicted octanol–water partition coefficient (Wildman–Crippen LogP) is 1.70. The summed E-state index contributed by atoms with van der Waals surface area (Å²) in [6.07, 6.45) is 3.23. The summed E-state index contributed by atoms with van der Waals surface area (Å²) in [5.74, 6) is -0.691. The van der Waals surface area contributed by atoms with Gasteiger partial charge in [0.2, 0.25) is 0 Å². The van der Waals surface area contributed by atoms with Crippen molar-refractivity contribution < 1.29 is 9.90 Å². The average molecular weight is 242 g/mol. The Morgan fingerprint density at radius 3 is 2.65 bits per heavy atom. The molecule has 0 amide bonds. The van der Waals surface area contributed by atoms with Crippen LogP contribution in [0.5, 0.6) is 0 Å². The molecule has 1 heterocycles. The number of aliphatic carboxylic acids is 1. The van der Waals surface area contributed by atoms with E-state index in [1.165, 1.54) is 0 Å². The zero-order chi connectivity index (χ0) is 12.9. The highest BCUT2D eigenvalue weighted by molar-refractivity contribution is 5.68. The Morgan fingerprint density at radius 2 is 2.12 bits per heavy atom. The Kier molecular flexibility index (Phi) is 5.40. The third-order valence-electron chi connectivity index (χ3n) is 3.75. The molecule has 4 nitrogen and oxygen atoms in total. The first-order valence-electron chi connectivity index (χ1n) is 6.70. The molecule has 17 heavy (non-hydrogen) atoms. The maximum Gasteiger partial charge on any atom is 0.305 e. The van der Waals surface area contributed by atoms with Crippen molar-refractivity contribution in [3.63, 3.8) is 0 Å². The molecule has 0 saturated carbocycles. The lowest BCUT2D eigenvalue weighted by atomic mass is 9.87. The molecule has 0 aromatic carbocycles. The van der Waals surface area contributed by atoms with Gasteiger partial charge in [0.15, 0.2) is 0 Å². The van der Waals surface area contributed by atoms with E-state index in [0.29, 0.717) is 6.04 Å². The van der Waals surface area contributed by atoms with E-state index in [0.717, 1.165) is 38.9 Å². The van der Waals surface area contributed by atoms with Crippen LogP contribution in [0.15, 0.2) is 0 Å². The number of nitrogens with one attached hydrogen (secondary N) is 1. The Morgan fingerprint density at radius 1 is 1.41 bits per heavy atom. The zero-order valence-corrected chi connectivity index (χ0v) is 11.3. The highest BCUT2D eigenvalue weighted by Gasteiger charge is 2.34. The molecular formula is C13H26N2O2. The van der Waals surface area contributed by atoms with E-state index in [4.69, 9.17) is 5.11 Å². The van der Waals surface area contributed by atoms with Crippen LogP contribution in [0.3, 0.4) is 0 Å². The smallest absolute Gasteiger partial charge is 0.305 e. The van der Waals surface area contributed by atoms with Crippen molar-refractivity contribution in [2.45, 2.75) is 58.0 Å². The quantitative estimate of drug-likeness (QED) is 0.770. The first kappa shape index (κ1) is 14.5. The van der Waals surface area contributed by atoms with Crippen LogP contribution < -0.4 is 5.32 Å². The molecule has 1 unspecified atom stereocenters. The Balaban J connectivity index is 2.68. The van der Waals surface area contributed by atoms with Crippen molar-refractivity contribution in [2.75, 3.05) is 19.6 Å². The minimum atomic E-state index is -0.691. The van der Waals surface area contributed by atoms with E-state index in [2.05, 4.69) is 31.0 Å². The predicted molar refractivity (Wildman–Crippen MR) is 69.2 cm³/mol. The summed E-state index contributed by atoms with van der Waals surface area (Å²) < 4.78 is 0. The van der Waals surface area contributed by atoms with E-state index in [9.17, 15) is 4.79 Å². The number of rotatable bonds is 5. The molecule has 0 spiro atoms. The van der Waals surface area contributed by atoms with Crippen LogP contribution in [0.25, 0.3) is 0 Å². The molecule has 1 saturated heterocycles. The highest BCUT2D eigenvalue weighted by Crippen LogP contribution is 2.26. The first-order valence-corrected chi connectivity index (χ1v) is 6.70. The van der Waals surface area contributed by atoms with Gasteiger partial charge in [-0.25, -0.2) is 0 Å². The summed E-state index contributed by atoms with van der Waals surface area (Å²) in [7, 11) is 0. The Bertz CT molecular complexity index is 256. The van der Waals surface area contributed by atoms with E-state index in [1.807, 2.05) is 0 Å². The Labute approximate surface area is 104 Å². The topological polar surface area (TPSA) is 52.6 Å². The summed E-state index contributed by atoms with van der Waals surface area (Å²) in [5, 5.41) is 12.5. The molecule has 0 aromatic heterocycles. The standard InChI is InChI=1S/C13H26N2O2/c1-4-14-13(10-12(16)17)6-5-8-15(9-7-13)11(2)3/h11,14H,4-10H2,1-3H3,(H,16,17). The fourth-order valence-corrected chi connectivity index (χ4v) is 2.81. The van der Waals surface area contributed by atoms with Gasteiger partial charge in [0.05, 0.1) is 6.42 Å². The average Bonchev–Trinajstić information content (AvgIpc) is 2.40. The van der Waals surface area contributed by atoms with Gasteiger partial charge in [0.25, 0.3) is 0 Å². The fourth-order valence-electron chi connectivity index (χ4n) is 2.81. The summed E-state index contributed by atoms with van der Waals surface area (Å²) in [6, 6.07) is 0.553. The monoisotopic (exact) mass is 242 g/mol. The minimum absolute atomic E-state index is 0.190. The number of carboxylic acid groups (broad SMARTS) is 1. The number of carbonyl (C=O) groups is 1. The number of carboxylic acids is 1. The fraction of sp³-hybridized carbons (Fsp3) is 0.923. The Hall–Kier alpha value is -0.610. The highest BCUT2D eigenvalue weighted by atomic mass is 16.4. The number of hydrogen-bond donors (Lipinski definition) is 2. The van der Waals surface area contributed by atoms with Gasteiger partial charge in [-0.15, -0.1) is 0 Å². The largest absolute Gasteiger partial charge is 0.481 e. The van der Waals surface area contributed by atoms with Crippen molar-refractivity contribution >= 4 is 5.97 Å². The van der Waals surface area contributed by atoms with E-state index >= 15 is 0 Å². The second kappa shape index (κ2) is 6.36. The first-order chi connectivity index (χ1) is 7.99. The van der Waals surface area contributed by atoms with Gasteiger partial charge in [0, 0.05) is 18.1 Å². The van der Waals surface area contributed by atoms with E-state index in [1.54, 1.807) is 0 Å². The van der Waals surface area contributed by atoms with Crippen molar-refractivity contribution in [2.24, 2.45) is 0 Å². The molecule has 0 aromatic rings. The third-order valence-corrected chi connectivity index (χ3v) is 3.75. The van der Waals surface area contributed by atoms with Gasteiger partial charge in [-0.2, -0.15) is 0 Å². The van der Waals surface area contributed by atoms with Crippen molar-refractivity contribution in [1.29, 1.82) is 0 Å². The zero-order valence-electron chi connectivity index (χ0n) is 11.3. The lowest BCUT2D eigenvalue weighted by Gasteiger charge is -2.32. The molecule has 1 aliphatic heterocycles. The van der Waals surface area contributed by atoms with Crippen LogP contribution in [0.4, 0.5) is 0 Å². The molecule has 4 heteroatoms. The number of nitrogens with zero attached hydrogens (tertiary/aromatic N) is 1. The molecule has 1 aliphatic rings. The van der Waals surface area contributed by atoms with Crippen LogP contribution in [-0.2, 0) is 4.79 Å². The summed E-state index contributed by atoms with van der Waals surface area (Å²) in [6.45, 7) is 9.39. The molecule has 0 aliphatic carbocycles. The summed E-state index contributed by atoms with van der Waals surface area (Å²) in [4.78, 5) is 13.5.